The van der Waals surface area contributed by atoms with Gasteiger partial charge in [-0.05, 0) is 37.6 Å². The highest BCUT2D eigenvalue weighted by atomic mass is 35.5. The molecule has 1 N–H and O–H groups in total. The summed E-state index contributed by atoms with van der Waals surface area (Å²) in [5.41, 5.74) is 1.57. The number of hydrogen-bond acceptors (Lipinski definition) is 2. The molecule has 3 nitrogen and oxygen atoms in total. The number of carbonyl (C=O) groups excluding carboxylic acids is 1. The minimum absolute atomic E-state index is 0.146. The molecule has 24 heavy (non-hydrogen) atoms. The molecule has 0 aliphatic heterocycles. The van der Waals surface area contributed by atoms with Crippen molar-refractivity contribution in [2.75, 3.05) is 0 Å². The van der Waals surface area contributed by atoms with Crippen LogP contribution in [0.15, 0.2) is 40.8 Å². The zero-order valence-electron chi connectivity index (χ0n) is 13.0. The lowest BCUT2D eigenvalue weighted by Gasteiger charge is -2.14. The van der Waals surface area contributed by atoms with Crippen LogP contribution in [0.25, 0.3) is 11.0 Å². The van der Waals surface area contributed by atoms with Gasteiger partial charge >= 0.3 is 0 Å². The molecule has 1 heterocycles. The first-order chi connectivity index (χ1) is 11.4. The van der Waals surface area contributed by atoms with Crippen LogP contribution >= 0.6 is 11.6 Å². The van der Waals surface area contributed by atoms with Crippen LogP contribution in [0.3, 0.4) is 0 Å². The standard InChI is InChI=1S/C18H14ClF2NO2/c1-9-12-4-3-5-13(19)17(12)24-16(9)18(23)22-10(2)11-6-7-14(20)15(21)8-11/h3-8,10H,1-2H3,(H,22,23). The van der Waals surface area contributed by atoms with Crippen molar-refractivity contribution in [2.24, 2.45) is 0 Å². The summed E-state index contributed by atoms with van der Waals surface area (Å²) >= 11 is 6.08. The Bertz CT molecular complexity index is 936. The second-order valence-corrected chi connectivity index (χ2v) is 5.95. The molecule has 1 aromatic heterocycles. The maximum absolute atomic E-state index is 13.3. The first kappa shape index (κ1) is 16.5. The fraction of sp³-hybridized carbons (Fsp3) is 0.167. The number of rotatable bonds is 3. The van der Waals surface area contributed by atoms with Crippen LogP contribution < -0.4 is 5.32 Å². The third kappa shape index (κ3) is 2.87. The third-order valence-electron chi connectivity index (χ3n) is 3.91. The number of amides is 1. The van der Waals surface area contributed by atoms with E-state index in [1.807, 2.05) is 6.07 Å². The number of benzene rings is 2. The van der Waals surface area contributed by atoms with Crippen LogP contribution in [0.5, 0.6) is 0 Å². The van der Waals surface area contributed by atoms with Gasteiger partial charge in [-0.25, -0.2) is 8.78 Å². The van der Waals surface area contributed by atoms with E-state index in [-0.39, 0.29) is 5.76 Å². The van der Waals surface area contributed by atoms with Gasteiger partial charge in [-0.2, -0.15) is 0 Å². The van der Waals surface area contributed by atoms with Crippen molar-refractivity contribution in [2.45, 2.75) is 19.9 Å². The number of hydrogen-bond donors (Lipinski definition) is 1. The highest BCUT2D eigenvalue weighted by Crippen LogP contribution is 2.31. The summed E-state index contributed by atoms with van der Waals surface area (Å²) in [5, 5.41) is 3.89. The SMILES string of the molecule is Cc1c(C(=O)NC(C)c2ccc(F)c(F)c2)oc2c(Cl)cccc12. The van der Waals surface area contributed by atoms with E-state index in [4.69, 9.17) is 16.0 Å². The van der Waals surface area contributed by atoms with E-state index in [0.29, 0.717) is 21.7 Å². The van der Waals surface area contributed by atoms with Gasteiger partial charge in [0.2, 0.25) is 0 Å². The second kappa shape index (κ2) is 6.24. The molecular weight excluding hydrogens is 336 g/mol. The van der Waals surface area contributed by atoms with Crippen molar-refractivity contribution in [1.82, 2.24) is 5.32 Å². The summed E-state index contributed by atoms with van der Waals surface area (Å²) < 4.78 is 31.9. The summed E-state index contributed by atoms with van der Waals surface area (Å²) in [6.45, 7) is 3.44. The first-order valence-corrected chi connectivity index (χ1v) is 7.69. The van der Waals surface area contributed by atoms with Crippen molar-refractivity contribution in [1.29, 1.82) is 0 Å². The summed E-state index contributed by atoms with van der Waals surface area (Å²) in [6, 6.07) is 8.26. The van der Waals surface area contributed by atoms with Gasteiger partial charge in [0.1, 0.15) is 0 Å². The lowest BCUT2D eigenvalue weighted by Crippen LogP contribution is -2.26. The number of carbonyl (C=O) groups is 1. The lowest BCUT2D eigenvalue weighted by atomic mass is 10.1. The molecular formula is C18H14ClF2NO2. The molecule has 6 heteroatoms. The Morgan fingerprint density at radius 3 is 2.62 bits per heavy atom. The summed E-state index contributed by atoms with van der Waals surface area (Å²) in [4.78, 5) is 12.5. The number of para-hydroxylation sites is 1. The Labute approximate surface area is 142 Å². The average molecular weight is 350 g/mol. The van der Waals surface area contributed by atoms with E-state index >= 15 is 0 Å². The van der Waals surface area contributed by atoms with E-state index in [1.54, 1.807) is 26.0 Å². The van der Waals surface area contributed by atoms with Crippen LogP contribution in [-0.2, 0) is 0 Å². The number of furan rings is 1. The third-order valence-corrected chi connectivity index (χ3v) is 4.21. The smallest absolute Gasteiger partial charge is 0.287 e. The largest absolute Gasteiger partial charge is 0.449 e. The van der Waals surface area contributed by atoms with Crippen LogP contribution in [0.1, 0.15) is 34.6 Å². The molecule has 0 fully saturated rings. The molecule has 0 saturated carbocycles. The second-order valence-electron chi connectivity index (χ2n) is 5.54. The molecule has 0 spiro atoms. The maximum Gasteiger partial charge on any atom is 0.287 e. The van der Waals surface area contributed by atoms with Gasteiger partial charge in [-0.15, -0.1) is 0 Å². The van der Waals surface area contributed by atoms with Gasteiger partial charge in [-0.1, -0.05) is 29.8 Å². The zero-order valence-corrected chi connectivity index (χ0v) is 13.7. The number of aryl methyl sites for hydroxylation is 1. The average Bonchev–Trinajstić information content (AvgIpc) is 2.89. The number of fused-ring (bicyclic) bond motifs is 1. The molecule has 1 atom stereocenters. The summed E-state index contributed by atoms with van der Waals surface area (Å²) in [5.74, 6) is -2.19. The lowest BCUT2D eigenvalue weighted by molar-refractivity contribution is 0.0913. The predicted octanol–water partition coefficient (Wildman–Crippen LogP) is 5.16. The Morgan fingerprint density at radius 1 is 1.21 bits per heavy atom. The topological polar surface area (TPSA) is 42.2 Å². The molecule has 3 rings (SSSR count). The fourth-order valence-electron chi connectivity index (χ4n) is 2.55. The van der Waals surface area contributed by atoms with Gasteiger partial charge in [0, 0.05) is 10.9 Å². The molecule has 3 aromatic rings. The minimum Gasteiger partial charge on any atom is -0.449 e. The Hall–Kier alpha value is -2.40. The molecule has 0 aliphatic carbocycles. The molecule has 1 amide bonds. The van der Waals surface area contributed by atoms with Crippen molar-refractivity contribution >= 4 is 28.5 Å². The van der Waals surface area contributed by atoms with Crippen molar-refractivity contribution < 1.29 is 18.0 Å². The van der Waals surface area contributed by atoms with Crippen LogP contribution in [0.2, 0.25) is 5.02 Å². The van der Waals surface area contributed by atoms with Gasteiger partial charge in [0.05, 0.1) is 11.1 Å². The van der Waals surface area contributed by atoms with Crippen molar-refractivity contribution in [3.63, 3.8) is 0 Å². The highest BCUT2D eigenvalue weighted by molar-refractivity contribution is 6.35. The molecule has 1 unspecified atom stereocenters. The molecule has 0 radical (unpaired) electrons. The van der Waals surface area contributed by atoms with Crippen LogP contribution in [0.4, 0.5) is 8.78 Å². The minimum atomic E-state index is -0.958. The van der Waals surface area contributed by atoms with E-state index in [9.17, 15) is 13.6 Å². The molecule has 0 bridgehead atoms. The van der Waals surface area contributed by atoms with Crippen molar-refractivity contribution in [3.8, 4) is 0 Å². The normalized spacial score (nSPS) is 12.4. The Kier molecular flexibility index (Phi) is 4.28. The van der Waals surface area contributed by atoms with Gasteiger partial charge < -0.3 is 9.73 Å². The summed E-state index contributed by atoms with van der Waals surface area (Å²) in [6.07, 6.45) is 0. The van der Waals surface area contributed by atoms with Gasteiger partial charge in [0.25, 0.3) is 5.91 Å². The Morgan fingerprint density at radius 2 is 1.96 bits per heavy atom. The summed E-state index contributed by atoms with van der Waals surface area (Å²) in [7, 11) is 0. The quantitative estimate of drug-likeness (QED) is 0.709. The Balaban J connectivity index is 1.88. The highest BCUT2D eigenvalue weighted by Gasteiger charge is 2.21. The zero-order chi connectivity index (χ0) is 17.4. The first-order valence-electron chi connectivity index (χ1n) is 7.32. The van der Waals surface area contributed by atoms with E-state index in [2.05, 4.69) is 5.32 Å². The van der Waals surface area contributed by atoms with Crippen LogP contribution in [-0.4, -0.2) is 5.91 Å². The molecule has 0 saturated heterocycles. The van der Waals surface area contributed by atoms with E-state index in [1.165, 1.54) is 6.07 Å². The van der Waals surface area contributed by atoms with E-state index in [0.717, 1.165) is 17.5 Å². The maximum atomic E-state index is 13.3. The monoisotopic (exact) mass is 349 g/mol. The number of nitrogens with one attached hydrogen (secondary N) is 1. The van der Waals surface area contributed by atoms with Gasteiger partial charge in [-0.3, -0.25) is 4.79 Å². The number of halogens is 3. The fourth-order valence-corrected chi connectivity index (χ4v) is 2.77. The van der Waals surface area contributed by atoms with Crippen molar-refractivity contribution in [3.05, 3.63) is 69.9 Å². The van der Waals surface area contributed by atoms with Crippen LogP contribution in [0, 0.1) is 18.6 Å². The van der Waals surface area contributed by atoms with E-state index < -0.39 is 23.6 Å². The predicted molar refractivity (Wildman–Crippen MR) is 88.2 cm³/mol. The molecule has 2 aromatic carbocycles. The molecule has 0 aliphatic rings. The molecule has 124 valence electrons. The van der Waals surface area contributed by atoms with Gasteiger partial charge in [0.15, 0.2) is 23.0 Å².